The van der Waals surface area contributed by atoms with Crippen LogP contribution in [0.5, 0.6) is 0 Å². The first-order valence-corrected chi connectivity index (χ1v) is 5.18. The van der Waals surface area contributed by atoms with Crippen molar-refractivity contribution in [1.82, 2.24) is 0 Å². The number of carbonyl (C=O) groups excluding carboxylic acids is 1. The van der Waals surface area contributed by atoms with Crippen molar-refractivity contribution in [1.29, 1.82) is 0 Å². The van der Waals surface area contributed by atoms with E-state index >= 15 is 0 Å². The minimum atomic E-state index is -0.187. The fourth-order valence-electron chi connectivity index (χ4n) is 2.00. The van der Waals surface area contributed by atoms with Crippen LogP contribution >= 0.6 is 11.6 Å². The standard InChI is InChI=1S/C12H13ClO/c1-12(2)10(7-11(12)14)8-3-5-9(13)6-4-8/h3-6,10H,7H2,1-2H3. The number of halogens is 1. The molecule has 2 rings (SSSR count). The zero-order valence-electron chi connectivity index (χ0n) is 8.38. The maximum absolute atomic E-state index is 11.4. The molecule has 0 aliphatic heterocycles. The number of Topliss-reactive ketones (excluding diaryl/α,β-unsaturated/α-hetero) is 1. The lowest BCUT2D eigenvalue weighted by Gasteiger charge is -2.42. The lowest BCUT2D eigenvalue weighted by molar-refractivity contribution is -0.137. The van der Waals surface area contributed by atoms with Gasteiger partial charge < -0.3 is 0 Å². The number of rotatable bonds is 1. The molecule has 1 fully saturated rings. The maximum Gasteiger partial charge on any atom is 0.139 e. The van der Waals surface area contributed by atoms with E-state index in [9.17, 15) is 4.79 Å². The molecule has 1 aliphatic carbocycles. The molecule has 0 saturated heterocycles. The van der Waals surface area contributed by atoms with Crippen LogP contribution in [0.15, 0.2) is 24.3 Å². The SMILES string of the molecule is CC1(C)C(=O)CC1c1ccc(Cl)cc1. The summed E-state index contributed by atoms with van der Waals surface area (Å²) < 4.78 is 0. The van der Waals surface area contributed by atoms with E-state index in [1.165, 1.54) is 5.56 Å². The van der Waals surface area contributed by atoms with E-state index in [1.54, 1.807) is 0 Å². The molecule has 1 nitrogen and oxygen atoms in total. The van der Waals surface area contributed by atoms with Crippen LogP contribution in [0.25, 0.3) is 0 Å². The highest BCUT2D eigenvalue weighted by molar-refractivity contribution is 6.30. The highest BCUT2D eigenvalue weighted by Gasteiger charge is 2.47. The molecule has 1 aromatic rings. The van der Waals surface area contributed by atoms with Crippen LogP contribution in [0.4, 0.5) is 0 Å². The number of benzene rings is 1. The van der Waals surface area contributed by atoms with Crippen LogP contribution in [0.3, 0.4) is 0 Å². The maximum atomic E-state index is 11.4. The van der Waals surface area contributed by atoms with Gasteiger partial charge in [-0.3, -0.25) is 4.79 Å². The quantitative estimate of drug-likeness (QED) is 0.691. The van der Waals surface area contributed by atoms with Crippen molar-refractivity contribution in [3.63, 3.8) is 0 Å². The summed E-state index contributed by atoms with van der Waals surface area (Å²) in [6.45, 7) is 4.02. The Hall–Kier alpha value is -0.820. The molecule has 0 heterocycles. The van der Waals surface area contributed by atoms with E-state index in [2.05, 4.69) is 0 Å². The third-order valence-corrected chi connectivity index (χ3v) is 3.50. The van der Waals surface area contributed by atoms with Crippen molar-refractivity contribution in [3.8, 4) is 0 Å². The summed E-state index contributed by atoms with van der Waals surface area (Å²) in [5, 5.41) is 0.747. The Balaban J connectivity index is 2.26. The number of hydrogen-bond acceptors (Lipinski definition) is 1. The van der Waals surface area contributed by atoms with E-state index in [0.29, 0.717) is 18.1 Å². The van der Waals surface area contributed by atoms with Crippen molar-refractivity contribution < 1.29 is 4.79 Å². The van der Waals surface area contributed by atoms with Crippen LogP contribution in [-0.2, 0) is 4.79 Å². The van der Waals surface area contributed by atoms with Gasteiger partial charge in [-0.15, -0.1) is 0 Å². The van der Waals surface area contributed by atoms with Crippen LogP contribution < -0.4 is 0 Å². The van der Waals surface area contributed by atoms with E-state index in [-0.39, 0.29) is 5.41 Å². The first-order chi connectivity index (χ1) is 6.51. The summed E-state index contributed by atoms with van der Waals surface area (Å²) in [5.41, 5.74) is 1.03. The van der Waals surface area contributed by atoms with Gasteiger partial charge in [0.25, 0.3) is 0 Å². The van der Waals surface area contributed by atoms with Gasteiger partial charge in [-0.2, -0.15) is 0 Å². The topological polar surface area (TPSA) is 17.1 Å². The van der Waals surface area contributed by atoms with Gasteiger partial charge in [-0.05, 0) is 17.7 Å². The van der Waals surface area contributed by atoms with Gasteiger partial charge in [0.2, 0.25) is 0 Å². The molecule has 1 aliphatic rings. The normalized spacial score (nSPS) is 24.5. The lowest BCUT2D eigenvalue weighted by Crippen LogP contribution is -2.43. The first-order valence-electron chi connectivity index (χ1n) is 4.80. The summed E-state index contributed by atoms with van der Waals surface area (Å²) in [6, 6.07) is 7.80. The summed E-state index contributed by atoms with van der Waals surface area (Å²) in [6.07, 6.45) is 0.675. The molecule has 1 unspecified atom stereocenters. The molecule has 0 bridgehead atoms. The molecule has 0 spiro atoms. The van der Waals surface area contributed by atoms with Gasteiger partial charge in [-0.1, -0.05) is 37.6 Å². The Morgan fingerprint density at radius 1 is 1.29 bits per heavy atom. The monoisotopic (exact) mass is 208 g/mol. The van der Waals surface area contributed by atoms with E-state index in [1.807, 2.05) is 38.1 Å². The molecule has 14 heavy (non-hydrogen) atoms. The second-order valence-electron chi connectivity index (χ2n) is 4.45. The molecule has 0 aromatic heterocycles. The van der Waals surface area contributed by atoms with Crippen molar-refractivity contribution in [3.05, 3.63) is 34.9 Å². The largest absolute Gasteiger partial charge is 0.299 e. The summed E-state index contributed by atoms with van der Waals surface area (Å²) in [5.74, 6) is 0.727. The van der Waals surface area contributed by atoms with Gasteiger partial charge in [0.15, 0.2) is 0 Å². The Morgan fingerprint density at radius 2 is 1.86 bits per heavy atom. The second-order valence-corrected chi connectivity index (χ2v) is 4.89. The smallest absolute Gasteiger partial charge is 0.139 e. The first kappa shape index (κ1) is 9.72. The highest BCUT2D eigenvalue weighted by Crippen LogP contribution is 2.49. The molecule has 0 N–H and O–H groups in total. The number of carbonyl (C=O) groups is 1. The van der Waals surface area contributed by atoms with Crippen molar-refractivity contribution in [2.24, 2.45) is 5.41 Å². The predicted molar refractivity (Wildman–Crippen MR) is 57.6 cm³/mol. The Kier molecular flexibility index (Phi) is 2.15. The van der Waals surface area contributed by atoms with Crippen molar-refractivity contribution in [2.75, 3.05) is 0 Å². The minimum absolute atomic E-state index is 0.187. The molecule has 2 heteroatoms. The molecule has 1 atom stereocenters. The minimum Gasteiger partial charge on any atom is -0.299 e. The van der Waals surface area contributed by atoms with Crippen LogP contribution in [-0.4, -0.2) is 5.78 Å². The zero-order chi connectivity index (χ0) is 10.3. The van der Waals surface area contributed by atoms with Crippen LogP contribution in [0, 0.1) is 5.41 Å². The molecule has 1 aromatic carbocycles. The van der Waals surface area contributed by atoms with E-state index < -0.39 is 0 Å². The highest BCUT2D eigenvalue weighted by atomic mass is 35.5. The van der Waals surface area contributed by atoms with Gasteiger partial charge in [0.1, 0.15) is 5.78 Å². The second kappa shape index (κ2) is 3.09. The van der Waals surface area contributed by atoms with Crippen LogP contribution in [0.1, 0.15) is 31.7 Å². The lowest BCUT2D eigenvalue weighted by atomic mass is 9.59. The summed E-state index contributed by atoms with van der Waals surface area (Å²) in [7, 11) is 0. The molecule has 0 radical (unpaired) electrons. The fourth-order valence-corrected chi connectivity index (χ4v) is 2.12. The van der Waals surface area contributed by atoms with Gasteiger partial charge in [0.05, 0.1) is 0 Å². The number of hydrogen-bond donors (Lipinski definition) is 0. The molecular weight excluding hydrogens is 196 g/mol. The Morgan fingerprint density at radius 3 is 2.29 bits per heavy atom. The third-order valence-electron chi connectivity index (χ3n) is 3.25. The number of ketones is 1. The van der Waals surface area contributed by atoms with Crippen LogP contribution in [0.2, 0.25) is 5.02 Å². The molecular formula is C12H13ClO. The van der Waals surface area contributed by atoms with Crippen molar-refractivity contribution in [2.45, 2.75) is 26.2 Å². The molecule has 0 amide bonds. The molecule has 74 valence electrons. The average molecular weight is 209 g/mol. The predicted octanol–water partition coefficient (Wildman–Crippen LogP) is 3.42. The average Bonchev–Trinajstić information content (AvgIpc) is 2.16. The van der Waals surface area contributed by atoms with E-state index in [4.69, 9.17) is 11.6 Å². The fraction of sp³-hybridized carbons (Fsp3) is 0.417. The zero-order valence-corrected chi connectivity index (χ0v) is 9.14. The summed E-state index contributed by atoms with van der Waals surface area (Å²) in [4.78, 5) is 11.4. The van der Waals surface area contributed by atoms with E-state index in [0.717, 1.165) is 5.02 Å². The summed E-state index contributed by atoms with van der Waals surface area (Å²) >= 11 is 5.81. The van der Waals surface area contributed by atoms with Crippen molar-refractivity contribution >= 4 is 17.4 Å². The third kappa shape index (κ3) is 1.36. The van der Waals surface area contributed by atoms with Gasteiger partial charge in [-0.25, -0.2) is 0 Å². The Labute approximate surface area is 89.1 Å². The molecule has 1 saturated carbocycles. The Bertz CT molecular complexity index is 364. The van der Waals surface area contributed by atoms with Gasteiger partial charge >= 0.3 is 0 Å². The van der Waals surface area contributed by atoms with Gasteiger partial charge in [0, 0.05) is 22.8 Å².